The van der Waals surface area contributed by atoms with Crippen molar-refractivity contribution in [3.05, 3.63) is 23.9 Å². The number of piperidine rings is 1. The predicted octanol–water partition coefficient (Wildman–Crippen LogP) is 0.761. The van der Waals surface area contributed by atoms with Crippen LogP contribution >= 0.6 is 0 Å². The first-order valence-electron chi connectivity index (χ1n) is 7.27. The lowest BCUT2D eigenvalue weighted by Gasteiger charge is -2.33. The highest BCUT2D eigenvalue weighted by Gasteiger charge is 2.21. The Morgan fingerprint density at radius 3 is 2.95 bits per heavy atom. The van der Waals surface area contributed by atoms with Gasteiger partial charge < -0.3 is 19.6 Å². The quantitative estimate of drug-likeness (QED) is 0.868. The Kier molecular flexibility index (Phi) is 5.52. The maximum atomic E-state index is 11.8. The minimum absolute atomic E-state index is 0.0446. The van der Waals surface area contributed by atoms with E-state index in [0.717, 1.165) is 31.7 Å². The number of anilines is 1. The van der Waals surface area contributed by atoms with E-state index in [0.29, 0.717) is 12.2 Å². The molecule has 1 aromatic heterocycles. The third-order valence-electron chi connectivity index (χ3n) is 3.55. The summed E-state index contributed by atoms with van der Waals surface area (Å²) in [6.45, 7) is 2.14. The Morgan fingerprint density at radius 2 is 2.33 bits per heavy atom. The molecule has 0 aliphatic carbocycles. The number of rotatable bonds is 5. The molecule has 1 atom stereocenters. The van der Waals surface area contributed by atoms with Crippen LogP contribution in [-0.4, -0.2) is 67.4 Å². The summed E-state index contributed by atoms with van der Waals surface area (Å²) in [7, 11) is 3.45. The molecular weight excluding hydrogens is 270 g/mol. The van der Waals surface area contributed by atoms with Crippen LogP contribution in [0.15, 0.2) is 18.3 Å². The molecule has 1 N–H and O–H groups in total. The minimum Gasteiger partial charge on any atom is -0.394 e. The van der Waals surface area contributed by atoms with Crippen molar-refractivity contribution < 1.29 is 14.6 Å². The van der Waals surface area contributed by atoms with Gasteiger partial charge in [-0.1, -0.05) is 0 Å². The number of aliphatic hydroxyl groups is 1. The molecule has 6 nitrogen and oxygen atoms in total. The van der Waals surface area contributed by atoms with Gasteiger partial charge >= 0.3 is 0 Å². The summed E-state index contributed by atoms with van der Waals surface area (Å²) in [6, 6.07) is 3.69. The van der Waals surface area contributed by atoms with Crippen LogP contribution in [0, 0.1) is 0 Å². The van der Waals surface area contributed by atoms with Crippen molar-refractivity contribution in [2.24, 2.45) is 0 Å². The van der Waals surface area contributed by atoms with Crippen molar-refractivity contribution in [3.63, 3.8) is 0 Å². The summed E-state index contributed by atoms with van der Waals surface area (Å²) in [5, 5.41) is 8.82. The molecule has 1 aromatic rings. The largest absolute Gasteiger partial charge is 0.394 e. The standard InChI is InChI=1S/C15H23N3O3/c1-17(2)15(20)12-5-6-14(16-10-12)18-7-3-4-13(11-18)21-9-8-19/h5-6,10,13,19H,3-4,7-9,11H2,1-2H3/t13-/m1/s1. The molecular formula is C15H23N3O3. The SMILES string of the molecule is CN(C)C(=O)c1ccc(N2CCC[C@@H](OCCO)C2)nc1. The first kappa shape index (κ1) is 15.7. The Labute approximate surface area is 125 Å². The third-order valence-corrected chi connectivity index (χ3v) is 3.55. The number of pyridine rings is 1. The summed E-state index contributed by atoms with van der Waals surface area (Å²) >= 11 is 0. The number of hydrogen-bond donors (Lipinski definition) is 1. The van der Waals surface area contributed by atoms with Crippen LogP contribution in [0.5, 0.6) is 0 Å². The maximum Gasteiger partial charge on any atom is 0.254 e. The lowest BCUT2D eigenvalue weighted by atomic mass is 10.1. The molecule has 1 aliphatic rings. The van der Waals surface area contributed by atoms with Gasteiger partial charge in [0.2, 0.25) is 0 Å². The second-order valence-corrected chi connectivity index (χ2v) is 5.41. The van der Waals surface area contributed by atoms with Gasteiger partial charge in [0.05, 0.1) is 24.9 Å². The number of aromatic nitrogens is 1. The van der Waals surface area contributed by atoms with Crippen LogP contribution in [0.2, 0.25) is 0 Å². The van der Waals surface area contributed by atoms with E-state index in [2.05, 4.69) is 9.88 Å². The summed E-state index contributed by atoms with van der Waals surface area (Å²) in [5.41, 5.74) is 0.592. The second-order valence-electron chi connectivity index (χ2n) is 5.41. The number of amides is 1. The molecule has 1 aliphatic heterocycles. The molecule has 0 radical (unpaired) electrons. The Morgan fingerprint density at radius 1 is 1.52 bits per heavy atom. The van der Waals surface area contributed by atoms with Gasteiger partial charge in [0.25, 0.3) is 5.91 Å². The van der Waals surface area contributed by atoms with E-state index in [1.54, 1.807) is 20.3 Å². The highest BCUT2D eigenvalue weighted by molar-refractivity contribution is 5.93. The van der Waals surface area contributed by atoms with Gasteiger partial charge in [-0.25, -0.2) is 4.98 Å². The zero-order chi connectivity index (χ0) is 15.2. The van der Waals surface area contributed by atoms with E-state index in [-0.39, 0.29) is 18.6 Å². The molecule has 0 unspecified atom stereocenters. The number of carbonyl (C=O) groups excluding carboxylic acids is 1. The monoisotopic (exact) mass is 293 g/mol. The van der Waals surface area contributed by atoms with Crippen molar-refractivity contribution in [3.8, 4) is 0 Å². The van der Waals surface area contributed by atoms with Crippen molar-refractivity contribution >= 4 is 11.7 Å². The van der Waals surface area contributed by atoms with Crippen LogP contribution < -0.4 is 4.90 Å². The van der Waals surface area contributed by atoms with Crippen LogP contribution in [0.25, 0.3) is 0 Å². The number of ether oxygens (including phenoxy) is 1. The molecule has 21 heavy (non-hydrogen) atoms. The molecule has 1 fully saturated rings. The van der Waals surface area contributed by atoms with Gasteiger partial charge in [-0.15, -0.1) is 0 Å². The average Bonchev–Trinajstić information content (AvgIpc) is 2.52. The van der Waals surface area contributed by atoms with E-state index in [1.807, 2.05) is 12.1 Å². The van der Waals surface area contributed by atoms with E-state index in [4.69, 9.17) is 9.84 Å². The number of hydrogen-bond acceptors (Lipinski definition) is 5. The summed E-state index contributed by atoms with van der Waals surface area (Å²) in [4.78, 5) is 19.9. The van der Waals surface area contributed by atoms with Crippen LogP contribution in [-0.2, 0) is 4.74 Å². The Bertz CT molecular complexity index is 462. The smallest absolute Gasteiger partial charge is 0.254 e. The number of aliphatic hydroxyl groups excluding tert-OH is 1. The van der Waals surface area contributed by atoms with Gasteiger partial charge in [-0.2, -0.15) is 0 Å². The molecule has 0 spiro atoms. The molecule has 1 amide bonds. The van der Waals surface area contributed by atoms with Gasteiger partial charge in [0.1, 0.15) is 5.82 Å². The van der Waals surface area contributed by atoms with Crippen LogP contribution in [0.1, 0.15) is 23.2 Å². The van der Waals surface area contributed by atoms with Crippen molar-refractivity contribution in [1.29, 1.82) is 0 Å². The average molecular weight is 293 g/mol. The lowest BCUT2D eigenvalue weighted by Crippen LogP contribution is -2.40. The van der Waals surface area contributed by atoms with E-state index in [1.165, 1.54) is 4.90 Å². The second kappa shape index (κ2) is 7.38. The summed E-state index contributed by atoms with van der Waals surface area (Å²) in [5.74, 6) is 0.819. The zero-order valence-corrected chi connectivity index (χ0v) is 12.7. The van der Waals surface area contributed by atoms with E-state index < -0.39 is 0 Å². The van der Waals surface area contributed by atoms with Gasteiger partial charge in [-0.3, -0.25) is 4.79 Å². The zero-order valence-electron chi connectivity index (χ0n) is 12.7. The van der Waals surface area contributed by atoms with Crippen LogP contribution in [0.4, 0.5) is 5.82 Å². The highest BCUT2D eigenvalue weighted by atomic mass is 16.5. The predicted molar refractivity (Wildman–Crippen MR) is 80.5 cm³/mol. The molecule has 0 saturated carbocycles. The Balaban J connectivity index is 1.99. The number of carbonyl (C=O) groups is 1. The fraction of sp³-hybridized carbons (Fsp3) is 0.600. The molecule has 1 saturated heterocycles. The first-order valence-corrected chi connectivity index (χ1v) is 7.27. The summed E-state index contributed by atoms with van der Waals surface area (Å²) in [6.07, 6.45) is 3.80. The summed E-state index contributed by atoms with van der Waals surface area (Å²) < 4.78 is 5.60. The van der Waals surface area contributed by atoms with Gasteiger partial charge in [-0.05, 0) is 25.0 Å². The van der Waals surface area contributed by atoms with E-state index >= 15 is 0 Å². The molecule has 2 rings (SSSR count). The molecule has 2 heterocycles. The molecule has 116 valence electrons. The molecule has 6 heteroatoms. The topological polar surface area (TPSA) is 65.9 Å². The minimum atomic E-state index is -0.0446. The van der Waals surface area contributed by atoms with Crippen molar-refractivity contribution in [2.45, 2.75) is 18.9 Å². The lowest BCUT2D eigenvalue weighted by molar-refractivity contribution is 0.0213. The number of nitrogens with zero attached hydrogens (tertiary/aromatic N) is 3. The van der Waals surface area contributed by atoms with E-state index in [9.17, 15) is 4.79 Å². The Hall–Kier alpha value is -1.66. The van der Waals surface area contributed by atoms with Crippen LogP contribution in [0.3, 0.4) is 0 Å². The fourth-order valence-electron chi connectivity index (χ4n) is 2.46. The van der Waals surface area contributed by atoms with Crippen molar-refractivity contribution in [2.75, 3.05) is 45.3 Å². The normalized spacial score (nSPS) is 18.6. The maximum absolute atomic E-state index is 11.8. The highest BCUT2D eigenvalue weighted by Crippen LogP contribution is 2.19. The van der Waals surface area contributed by atoms with Crippen molar-refractivity contribution in [1.82, 2.24) is 9.88 Å². The van der Waals surface area contributed by atoms with Gasteiger partial charge in [0, 0.05) is 33.4 Å². The third kappa shape index (κ3) is 4.15. The molecule has 0 aromatic carbocycles. The fourth-order valence-corrected chi connectivity index (χ4v) is 2.46. The first-order chi connectivity index (χ1) is 10.1. The van der Waals surface area contributed by atoms with Gasteiger partial charge in [0.15, 0.2) is 0 Å². The molecule has 0 bridgehead atoms.